The smallest absolute Gasteiger partial charge is 0.255 e. The first-order valence-electron chi connectivity index (χ1n) is 4.65. The summed E-state index contributed by atoms with van der Waals surface area (Å²) in [5, 5.41) is 0. The lowest BCUT2D eigenvalue weighted by atomic mass is 10.2. The molecule has 0 saturated carbocycles. The van der Waals surface area contributed by atoms with Gasteiger partial charge in [-0.3, -0.25) is 9.78 Å². The zero-order valence-electron chi connectivity index (χ0n) is 8.26. The van der Waals surface area contributed by atoms with Crippen molar-refractivity contribution in [3.63, 3.8) is 0 Å². The van der Waals surface area contributed by atoms with Crippen LogP contribution in [0.4, 0.5) is 0 Å². The highest BCUT2D eigenvalue weighted by atomic mass is 35.5. The molecule has 0 N–H and O–H groups in total. The average Bonchev–Trinajstić information content (AvgIpc) is 2.30. The Kier molecular flexibility index (Phi) is 4.52. The van der Waals surface area contributed by atoms with Crippen molar-refractivity contribution in [2.45, 2.75) is 0 Å². The van der Waals surface area contributed by atoms with Gasteiger partial charge in [-0.15, -0.1) is 12.4 Å². The van der Waals surface area contributed by atoms with Gasteiger partial charge in [-0.2, -0.15) is 0 Å². The van der Waals surface area contributed by atoms with Gasteiger partial charge in [0.1, 0.15) is 0 Å². The molecule has 5 heteroatoms. The molecule has 1 saturated heterocycles. The van der Waals surface area contributed by atoms with Gasteiger partial charge in [0.15, 0.2) is 0 Å². The highest BCUT2D eigenvalue weighted by Crippen LogP contribution is 2.05. The van der Waals surface area contributed by atoms with Gasteiger partial charge in [-0.1, -0.05) is 0 Å². The van der Waals surface area contributed by atoms with Gasteiger partial charge in [0.05, 0.1) is 18.8 Å². The molecule has 82 valence electrons. The number of amides is 1. The predicted octanol–water partition coefficient (Wildman–Crippen LogP) is 0.976. The molecule has 1 aromatic rings. The fourth-order valence-electron chi connectivity index (χ4n) is 1.44. The number of hydrogen-bond donors (Lipinski definition) is 0. The molecule has 0 unspecified atom stereocenters. The van der Waals surface area contributed by atoms with Crippen molar-refractivity contribution in [1.29, 1.82) is 0 Å². The molecule has 1 fully saturated rings. The largest absolute Gasteiger partial charge is 0.378 e. The number of carbonyl (C=O) groups is 1. The first-order chi connectivity index (χ1) is 6.88. The highest BCUT2D eigenvalue weighted by Gasteiger charge is 2.17. The lowest BCUT2D eigenvalue weighted by Crippen LogP contribution is -2.40. The van der Waals surface area contributed by atoms with E-state index in [9.17, 15) is 4.79 Å². The number of halogens is 1. The molecule has 0 radical (unpaired) electrons. The molecule has 0 bridgehead atoms. The van der Waals surface area contributed by atoms with Gasteiger partial charge in [0, 0.05) is 25.5 Å². The third-order valence-electron chi connectivity index (χ3n) is 2.21. The van der Waals surface area contributed by atoms with E-state index in [1.54, 1.807) is 29.4 Å². The van der Waals surface area contributed by atoms with Gasteiger partial charge in [-0.05, 0) is 12.1 Å². The summed E-state index contributed by atoms with van der Waals surface area (Å²) in [6, 6.07) is 3.55. The monoisotopic (exact) mass is 228 g/mol. The second kappa shape index (κ2) is 5.68. The summed E-state index contributed by atoms with van der Waals surface area (Å²) < 4.78 is 5.18. The first-order valence-corrected chi connectivity index (χ1v) is 4.65. The van der Waals surface area contributed by atoms with E-state index < -0.39 is 0 Å². The molecule has 0 spiro atoms. The van der Waals surface area contributed by atoms with Crippen molar-refractivity contribution in [3.05, 3.63) is 30.1 Å². The Bertz CT molecular complexity index is 312. The summed E-state index contributed by atoms with van der Waals surface area (Å²) >= 11 is 0. The van der Waals surface area contributed by atoms with E-state index in [1.807, 2.05) is 0 Å². The van der Waals surface area contributed by atoms with Crippen LogP contribution in [0.3, 0.4) is 0 Å². The molecular formula is C10H13ClN2O2. The molecule has 1 aromatic heterocycles. The lowest BCUT2D eigenvalue weighted by molar-refractivity contribution is 0.0302. The maximum absolute atomic E-state index is 11.8. The third-order valence-corrected chi connectivity index (χ3v) is 2.21. The Hall–Kier alpha value is -1.13. The van der Waals surface area contributed by atoms with Crippen molar-refractivity contribution in [2.75, 3.05) is 26.3 Å². The quantitative estimate of drug-likeness (QED) is 0.720. The Morgan fingerprint density at radius 2 is 2.13 bits per heavy atom. The second-order valence-electron chi connectivity index (χ2n) is 3.15. The van der Waals surface area contributed by atoms with Crippen LogP contribution in [0.5, 0.6) is 0 Å². The molecule has 1 aliphatic heterocycles. The van der Waals surface area contributed by atoms with Crippen molar-refractivity contribution in [3.8, 4) is 0 Å². The minimum absolute atomic E-state index is 0. The van der Waals surface area contributed by atoms with Crippen LogP contribution in [-0.4, -0.2) is 42.1 Å². The van der Waals surface area contributed by atoms with E-state index in [4.69, 9.17) is 4.74 Å². The second-order valence-corrected chi connectivity index (χ2v) is 3.15. The molecule has 0 atom stereocenters. The maximum atomic E-state index is 11.8. The van der Waals surface area contributed by atoms with E-state index in [1.165, 1.54) is 0 Å². The van der Waals surface area contributed by atoms with Gasteiger partial charge >= 0.3 is 0 Å². The molecule has 0 aromatic carbocycles. The number of morpholine rings is 1. The number of nitrogens with zero attached hydrogens (tertiary/aromatic N) is 2. The minimum atomic E-state index is 0. The number of hydrogen-bond acceptors (Lipinski definition) is 3. The van der Waals surface area contributed by atoms with Crippen molar-refractivity contribution >= 4 is 18.3 Å². The third kappa shape index (κ3) is 2.91. The van der Waals surface area contributed by atoms with Crippen LogP contribution in [0.15, 0.2) is 24.5 Å². The minimum Gasteiger partial charge on any atom is -0.378 e. The van der Waals surface area contributed by atoms with Crippen LogP contribution >= 0.6 is 12.4 Å². The Labute approximate surface area is 94.7 Å². The van der Waals surface area contributed by atoms with Gasteiger partial charge in [-0.25, -0.2) is 0 Å². The molecular weight excluding hydrogens is 216 g/mol. The van der Waals surface area contributed by atoms with Crippen LogP contribution in [0.2, 0.25) is 0 Å². The van der Waals surface area contributed by atoms with E-state index >= 15 is 0 Å². The number of pyridine rings is 1. The summed E-state index contributed by atoms with van der Waals surface area (Å²) in [4.78, 5) is 17.5. The number of ether oxygens (including phenoxy) is 1. The molecule has 1 amide bonds. The standard InChI is InChI=1S/C10H12N2O2.ClH/c13-10(9-2-1-3-11-8-9)12-4-6-14-7-5-12;/h1-3,8H,4-7H2;1H. The number of aromatic nitrogens is 1. The Balaban J connectivity index is 0.00000112. The Morgan fingerprint density at radius 1 is 1.40 bits per heavy atom. The number of rotatable bonds is 1. The summed E-state index contributed by atoms with van der Waals surface area (Å²) in [6.07, 6.45) is 3.26. The molecule has 2 rings (SSSR count). The summed E-state index contributed by atoms with van der Waals surface area (Å²) in [5.74, 6) is 0.0430. The van der Waals surface area contributed by atoms with Gasteiger partial charge in [0.2, 0.25) is 0 Å². The summed E-state index contributed by atoms with van der Waals surface area (Å²) in [5.41, 5.74) is 0.648. The van der Waals surface area contributed by atoms with E-state index in [2.05, 4.69) is 4.98 Å². The molecule has 1 aliphatic rings. The highest BCUT2D eigenvalue weighted by molar-refractivity contribution is 5.93. The van der Waals surface area contributed by atoms with Crippen molar-refractivity contribution < 1.29 is 9.53 Å². The zero-order valence-corrected chi connectivity index (χ0v) is 9.07. The van der Waals surface area contributed by atoms with Gasteiger partial charge < -0.3 is 9.64 Å². The van der Waals surface area contributed by atoms with Crippen LogP contribution in [-0.2, 0) is 4.74 Å². The van der Waals surface area contributed by atoms with Crippen LogP contribution < -0.4 is 0 Å². The predicted molar refractivity (Wildman–Crippen MR) is 58.2 cm³/mol. The van der Waals surface area contributed by atoms with Crippen molar-refractivity contribution in [2.24, 2.45) is 0 Å². The van der Waals surface area contributed by atoms with Crippen LogP contribution in [0, 0.1) is 0 Å². The molecule has 15 heavy (non-hydrogen) atoms. The summed E-state index contributed by atoms with van der Waals surface area (Å²) in [7, 11) is 0. The van der Waals surface area contributed by atoms with E-state index in [0.717, 1.165) is 0 Å². The first kappa shape index (κ1) is 11.9. The molecule has 0 aliphatic carbocycles. The molecule has 4 nitrogen and oxygen atoms in total. The zero-order chi connectivity index (χ0) is 9.80. The fourth-order valence-corrected chi connectivity index (χ4v) is 1.44. The van der Waals surface area contributed by atoms with Gasteiger partial charge in [0.25, 0.3) is 5.91 Å². The maximum Gasteiger partial charge on any atom is 0.255 e. The SMILES string of the molecule is Cl.O=C(c1cccnc1)N1CCOCC1. The van der Waals surface area contributed by atoms with E-state index in [-0.39, 0.29) is 18.3 Å². The lowest BCUT2D eigenvalue weighted by Gasteiger charge is -2.26. The van der Waals surface area contributed by atoms with Crippen LogP contribution in [0.25, 0.3) is 0 Å². The Morgan fingerprint density at radius 3 is 2.73 bits per heavy atom. The summed E-state index contributed by atoms with van der Waals surface area (Å²) in [6.45, 7) is 2.61. The van der Waals surface area contributed by atoms with Crippen molar-refractivity contribution in [1.82, 2.24) is 9.88 Å². The number of carbonyl (C=O) groups excluding carboxylic acids is 1. The topological polar surface area (TPSA) is 42.4 Å². The fraction of sp³-hybridized carbons (Fsp3) is 0.400. The average molecular weight is 229 g/mol. The molecule has 2 heterocycles. The van der Waals surface area contributed by atoms with Crippen LogP contribution in [0.1, 0.15) is 10.4 Å². The van der Waals surface area contributed by atoms with E-state index in [0.29, 0.717) is 31.9 Å². The normalized spacial score (nSPS) is 15.6.